The number of nitrogens with two attached hydrogens (primary N) is 1. The van der Waals surface area contributed by atoms with E-state index in [4.69, 9.17) is 20.2 Å². The third kappa shape index (κ3) is 4.53. The summed E-state index contributed by atoms with van der Waals surface area (Å²) in [6.45, 7) is 1.83. The fourth-order valence-corrected chi connectivity index (χ4v) is 5.54. The van der Waals surface area contributed by atoms with Gasteiger partial charge in [-0.3, -0.25) is 9.36 Å². The van der Waals surface area contributed by atoms with Crippen molar-refractivity contribution < 1.29 is 27.4 Å². The summed E-state index contributed by atoms with van der Waals surface area (Å²) in [6, 6.07) is 1.10. The molecule has 1 aromatic carbocycles. The van der Waals surface area contributed by atoms with Gasteiger partial charge in [0.15, 0.2) is 17.3 Å². The fraction of sp³-hybridized carbons (Fsp3) is 0.520. The Morgan fingerprint density at radius 3 is 2.39 bits per heavy atom. The fourth-order valence-electron chi connectivity index (χ4n) is 5.54. The standard InChI is InChI=1S/C25H28F3N7O3/c26-14-9-17(27)21(18(28)10-14)32-25-31-19-11-30-24(34(20-6-8-38-20)16-5-7-37-12-16)33-23(19)35(25)15-3-1-13(2-4-15)22(29)36/h9-11,13,15-16,20H,1-8,12H2,(H2,29,36)(H,31,32). The van der Waals surface area contributed by atoms with Gasteiger partial charge in [-0.2, -0.15) is 4.98 Å². The number of benzene rings is 1. The van der Waals surface area contributed by atoms with Crippen LogP contribution in [0.5, 0.6) is 0 Å². The maximum Gasteiger partial charge on any atom is 0.229 e. The number of anilines is 3. The van der Waals surface area contributed by atoms with Gasteiger partial charge in [0.2, 0.25) is 17.8 Å². The first-order chi connectivity index (χ1) is 18.4. The van der Waals surface area contributed by atoms with Crippen LogP contribution in [0, 0.1) is 23.4 Å². The van der Waals surface area contributed by atoms with E-state index in [-0.39, 0.29) is 36.1 Å². The Hall–Kier alpha value is -3.45. The minimum absolute atomic E-state index is 0.0557. The molecule has 10 nitrogen and oxygen atoms in total. The molecule has 13 heteroatoms. The summed E-state index contributed by atoms with van der Waals surface area (Å²) >= 11 is 0. The number of carbonyl (C=O) groups excluding carboxylic acids is 1. The summed E-state index contributed by atoms with van der Waals surface area (Å²) in [5.41, 5.74) is 5.91. The predicted octanol–water partition coefficient (Wildman–Crippen LogP) is 3.55. The Kier molecular flexibility index (Phi) is 6.56. The summed E-state index contributed by atoms with van der Waals surface area (Å²) in [6.07, 6.45) is 5.38. The van der Waals surface area contributed by atoms with Gasteiger partial charge in [0.25, 0.3) is 0 Å². The van der Waals surface area contributed by atoms with E-state index < -0.39 is 23.1 Å². The van der Waals surface area contributed by atoms with E-state index >= 15 is 0 Å². The molecular formula is C25H28F3N7O3. The first kappa shape index (κ1) is 24.9. The molecule has 3 aliphatic rings. The number of primary amides is 1. The molecule has 2 unspecified atom stereocenters. The summed E-state index contributed by atoms with van der Waals surface area (Å²) in [5.74, 6) is -3.16. The molecule has 6 rings (SSSR count). The lowest BCUT2D eigenvalue weighted by Gasteiger charge is -2.40. The van der Waals surface area contributed by atoms with Gasteiger partial charge in [0.1, 0.15) is 23.2 Å². The third-order valence-corrected chi connectivity index (χ3v) is 7.64. The second-order valence-corrected chi connectivity index (χ2v) is 10.0. The lowest BCUT2D eigenvalue weighted by atomic mass is 9.85. The highest BCUT2D eigenvalue weighted by molar-refractivity contribution is 5.78. The number of hydrogen-bond donors (Lipinski definition) is 2. The molecule has 1 saturated carbocycles. The van der Waals surface area contributed by atoms with Crippen molar-refractivity contribution in [2.45, 2.75) is 56.8 Å². The van der Waals surface area contributed by atoms with Crippen molar-refractivity contribution in [2.24, 2.45) is 11.7 Å². The van der Waals surface area contributed by atoms with E-state index in [2.05, 4.69) is 15.3 Å². The van der Waals surface area contributed by atoms with Crippen LogP contribution in [-0.2, 0) is 14.3 Å². The van der Waals surface area contributed by atoms with Gasteiger partial charge in [-0.1, -0.05) is 0 Å². The maximum absolute atomic E-state index is 14.6. The van der Waals surface area contributed by atoms with Crippen LogP contribution in [0.15, 0.2) is 18.3 Å². The second kappa shape index (κ2) is 10.0. The summed E-state index contributed by atoms with van der Waals surface area (Å²) < 4.78 is 55.8. The topological polar surface area (TPSA) is 120 Å². The molecule has 2 atom stereocenters. The smallest absolute Gasteiger partial charge is 0.229 e. The average Bonchev–Trinajstić information content (AvgIpc) is 3.51. The number of rotatable bonds is 7. The molecule has 4 heterocycles. The predicted molar refractivity (Wildman–Crippen MR) is 131 cm³/mol. The molecule has 38 heavy (non-hydrogen) atoms. The highest BCUT2D eigenvalue weighted by atomic mass is 19.1. The van der Waals surface area contributed by atoms with Crippen molar-refractivity contribution in [2.75, 3.05) is 30.0 Å². The van der Waals surface area contributed by atoms with Crippen LogP contribution in [0.1, 0.15) is 44.6 Å². The number of nitrogens with zero attached hydrogens (tertiary/aromatic N) is 5. The van der Waals surface area contributed by atoms with Crippen LogP contribution in [-0.4, -0.2) is 57.5 Å². The lowest BCUT2D eigenvalue weighted by Crippen LogP contribution is -2.51. The van der Waals surface area contributed by atoms with Gasteiger partial charge >= 0.3 is 0 Å². The van der Waals surface area contributed by atoms with Gasteiger partial charge in [-0.15, -0.1) is 0 Å². The summed E-state index contributed by atoms with van der Waals surface area (Å²) in [4.78, 5) is 27.8. The zero-order valence-corrected chi connectivity index (χ0v) is 20.6. The van der Waals surface area contributed by atoms with Crippen LogP contribution < -0.4 is 16.0 Å². The number of carbonyl (C=O) groups is 1. The number of imidazole rings is 1. The van der Waals surface area contributed by atoms with Crippen molar-refractivity contribution in [1.82, 2.24) is 19.5 Å². The third-order valence-electron chi connectivity index (χ3n) is 7.64. The minimum atomic E-state index is -1.08. The van der Waals surface area contributed by atoms with Crippen LogP contribution in [0.3, 0.4) is 0 Å². The molecule has 0 radical (unpaired) electrons. The molecule has 202 valence electrons. The Labute approximate surface area is 216 Å². The molecular weight excluding hydrogens is 503 g/mol. The number of halogens is 3. The zero-order valence-electron chi connectivity index (χ0n) is 20.6. The average molecular weight is 532 g/mol. The van der Waals surface area contributed by atoms with E-state index in [0.717, 1.165) is 12.8 Å². The van der Waals surface area contributed by atoms with Gasteiger partial charge in [-0.05, 0) is 32.1 Å². The molecule has 0 spiro atoms. The second-order valence-electron chi connectivity index (χ2n) is 10.0. The molecule has 1 aliphatic carbocycles. The van der Waals surface area contributed by atoms with Crippen LogP contribution in [0.2, 0.25) is 0 Å². The highest BCUT2D eigenvalue weighted by Crippen LogP contribution is 2.38. The normalized spacial score (nSPS) is 25.3. The first-order valence-corrected chi connectivity index (χ1v) is 12.8. The van der Waals surface area contributed by atoms with Crippen LogP contribution in [0.4, 0.5) is 30.8 Å². The number of ether oxygens (including phenoxy) is 2. The Morgan fingerprint density at radius 1 is 1.05 bits per heavy atom. The molecule has 2 aliphatic heterocycles. The Balaban J connectivity index is 1.43. The molecule has 2 saturated heterocycles. The number of hydrogen-bond acceptors (Lipinski definition) is 8. The number of amides is 1. The van der Waals surface area contributed by atoms with E-state index in [1.165, 1.54) is 0 Å². The van der Waals surface area contributed by atoms with Crippen molar-refractivity contribution >= 4 is 34.7 Å². The molecule has 3 aromatic rings. The van der Waals surface area contributed by atoms with E-state index in [0.29, 0.717) is 74.7 Å². The number of nitrogens with one attached hydrogen (secondary N) is 1. The van der Waals surface area contributed by atoms with Gasteiger partial charge in [-0.25, -0.2) is 23.1 Å². The molecule has 3 N–H and O–H groups in total. The number of fused-ring (bicyclic) bond motifs is 1. The highest BCUT2D eigenvalue weighted by Gasteiger charge is 2.36. The maximum atomic E-state index is 14.6. The van der Waals surface area contributed by atoms with Crippen molar-refractivity contribution in [3.05, 3.63) is 35.8 Å². The molecule has 3 fully saturated rings. The van der Waals surface area contributed by atoms with E-state index in [9.17, 15) is 18.0 Å². The first-order valence-electron chi connectivity index (χ1n) is 12.8. The minimum Gasteiger partial charge on any atom is -0.379 e. The van der Waals surface area contributed by atoms with E-state index in [1.54, 1.807) is 10.8 Å². The monoisotopic (exact) mass is 531 g/mol. The lowest BCUT2D eigenvalue weighted by molar-refractivity contribution is -0.122. The van der Waals surface area contributed by atoms with Crippen LogP contribution >= 0.6 is 0 Å². The molecule has 0 bridgehead atoms. The van der Waals surface area contributed by atoms with Crippen molar-refractivity contribution in [1.29, 1.82) is 0 Å². The molecule has 2 aromatic heterocycles. The Bertz CT molecular complexity index is 1330. The van der Waals surface area contributed by atoms with Gasteiger partial charge in [0, 0.05) is 37.1 Å². The SMILES string of the molecule is NC(=O)C1CCC(n2c(Nc3c(F)cc(F)cc3F)nc3cnc(N(C4CCOC4)C4CCO4)nc32)CC1. The van der Waals surface area contributed by atoms with Gasteiger partial charge in [0.05, 0.1) is 25.5 Å². The van der Waals surface area contributed by atoms with Crippen LogP contribution in [0.25, 0.3) is 11.2 Å². The van der Waals surface area contributed by atoms with Crippen molar-refractivity contribution in [3.8, 4) is 0 Å². The largest absolute Gasteiger partial charge is 0.379 e. The van der Waals surface area contributed by atoms with Gasteiger partial charge < -0.3 is 25.4 Å². The quantitative estimate of drug-likeness (QED) is 0.475. The van der Waals surface area contributed by atoms with Crippen molar-refractivity contribution in [3.63, 3.8) is 0 Å². The zero-order chi connectivity index (χ0) is 26.4. The summed E-state index contributed by atoms with van der Waals surface area (Å²) in [7, 11) is 0. The summed E-state index contributed by atoms with van der Waals surface area (Å²) in [5, 5.41) is 2.72. The van der Waals surface area contributed by atoms with E-state index in [1.807, 2.05) is 4.90 Å². The molecule has 1 amide bonds. The number of aromatic nitrogens is 4. The Morgan fingerprint density at radius 2 is 1.79 bits per heavy atom.